The van der Waals surface area contributed by atoms with E-state index in [-0.39, 0.29) is 0 Å². The van der Waals surface area contributed by atoms with Crippen molar-refractivity contribution in [3.05, 3.63) is 0 Å². The highest BCUT2D eigenvalue weighted by atomic mass is 15.4. The van der Waals surface area contributed by atoms with Gasteiger partial charge in [0.1, 0.15) is 0 Å². The molecule has 0 radical (unpaired) electrons. The van der Waals surface area contributed by atoms with Gasteiger partial charge in [-0.3, -0.25) is 0 Å². The first-order valence-electron chi connectivity index (χ1n) is 5.29. The third-order valence-electron chi connectivity index (χ3n) is 3.51. The molecule has 0 bridgehead atoms. The number of H-pyrrole nitrogens is 1. The van der Waals surface area contributed by atoms with Gasteiger partial charge in [-0.15, -0.1) is 5.10 Å². The fraction of sp³-hybridized carbons (Fsp3) is 0.778. The summed E-state index contributed by atoms with van der Waals surface area (Å²) in [6, 6.07) is 0.671. The molecule has 1 saturated heterocycles. The summed E-state index contributed by atoms with van der Waals surface area (Å²) in [5.74, 6) is 2.08. The number of nitrogens with one attached hydrogen (secondary N) is 1. The Morgan fingerprint density at radius 1 is 1.36 bits per heavy atom. The van der Waals surface area contributed by atoms with Crippen LogP contribution in [-0.2, 0) is 0 Å². The summed E-state index contributed by atoms with van der Waals surface area (Å²) in [4.78, 5) is 6.50. The van der Waals surface area contributed by atoms with Gasteiger partial charge in [-0.2, -0.15) is 4.98 Å². The normalized spacial score (nSPS) is 31.0. The van der Waals surface area contributed by atoms with Crippen molar-refractivity contribution in [1.82, 2.24) is 15.2 Å². The third kappa shape index (κ3) is 1.08. The maximum absolute atomic E-state index is 5.53. The molecule has 2 unspecified atom stereocenters. The van der Waals surface area contributed by atoms with Gasteiger partial charge >= 0.3 is 0 Å². The third-order valence-corrected chi connectivity index (χ3v) is 3.51. The van der Waals surface area contributed by atoms with Crippen molar-refractivity contribution in [3.8, 4) is 0 Å². The molecule has 76 valence electrons. The van der Waals surface area contributed by atoms with Crippen molar-refractivity contribution < 1.29 is 0 Å². The van der Waals surface area contributed by atoms with Crippen molar-refractivity contribution in [2.75, 3.05) is 17.2 Å². The largest absolute Gasteiger partial charge is 0.368 e. The van der Waals surface area contributed by atoms with Gasteiger partial charge in [0.2, 0.25) is 11.9 Å². The van der Waals surface area contributed by atoms with Crippen LogP contribution in [0, 0.1) is 5.92 Å². The molecule has 2 fully saturated rings. The molecule has 2 aliphatic rings. The first-order chi connectivity index (χ1) is 6.84. The van der Waals surface area contributed by atoms with Gasteiger partial charge in [-0.1, -0.05) is 6.42 Å². The van der Waals surface area contributed by atoms with E-state index in [0.29, 0.717) is 12.0 Å². The van der Waals surface area contributed by atoms with Crippen LogP contribution in [-0.4, -0.2) is 27.8 Å². The quantitative estimate of drug-likeness (QED) is 0.691. The van der Waals surface area contributed by atoms with Crippen LogP contribution in [0.2, 0.25) is 0 Å². The molecule has 1 aromatic rings. The summed E-state index contributed by atoms with van der Waals surface area (Å²) in [6.45, 7) is 1.09. The first-order valence-corrected chi connectivity index (χ1v) is 5.29. The van der Waals surface area contributed by atoms with Crippen LogP contribution in [0.25, 0.3) is 0 Å². The molecule has 0 aromatic carbocycles. The van der Waals surface area contributed by atoms with Gasteiger partial charge in [-0.25, -0.2) is 5.10 Å². The predicted octanol–water partition coefficient (Wildman–Crippen LogP) is 0.766. The number of hydrogen-bond donors (Lipinski definition) is 2. The molecular formula is C9H15N5. The van der Waals surface area contributed by atoms with E-state index in [9.17, 15) is 0 Å². The Kier molecular flexibility index (Phi) is 1.65. The molecule has 0 amide bonds. The van der Waals surface area contributed by atoms with E-state index in [4.69, 9.17) is 5.73 Å². The second-order valence-corrected chi connectivity index (χ2v) is 4.26. The maximum atomic E-state index is 5.53. The lowest BCUT2D eigenvalue weighted by Gasteiger charge is -2.21. The second-order valence-electron chi connectivity index (χ2n) is 4.26. The van der Waals surface area contributed by atoms with Gasteiger partial charge < -0.3 is 10.6 Å². The van der Waals surface area contributed by atoms with Gasteiger partial charge in [0.05, 0.1) is 0 Å². The highest BCUT2D eigenvalue weighted by molar-refractivity contribution is 5.37. The van der Waals surface area contributed by atoms with Crippen LogP contribution in [0.1, 0.15) is 25.7 Å². The number of rotatable bonds is 1. The summed E-state index contributed by atoms with van der Waals surface area (Å²) in [5.41, 5.74) is 5.53. The van der Waals surface area contributed by atoms with E-state index in [0.717, 1.165) is 18.4 Å². The first kappa shape index (κ1) is 8.08. The lowest BCUT2D eigenvalue weighted by molar-refractivity contribution is 0.539. The maximum Gasteiger partial charge on any atom is 0.246 e. The standard InChI is InChI=1S/C9H15N5/c10-8-11-9(13-12-8)14-5-4-6-2-1-3-7(6)14/h6-7H,1-5H2,(H3,10,11,12,13). The summed E-state index contributed by atoms with van der Waals surface area (Å²) in [7, 11) is 0. The highest BCUT2D eigenvalue weighted by Crippen LogP contribution is 2.39. The minimum absolute atomic E-state index is 0.418. The molecule has 14 heavy (non-hydrogen) atoms. The molecule has 2 heterocycles. The second kappa shape index (κ2) is 2.87. The Bertz CT molecular complexity index is 334. The molecule has 5 heteroatoms. The fourth-order valence-corrected chi connectivity index (χ4v) is 2.88. The Labute approximate surface area is 82.7 Å². The molecule has 3 N–H and O–H groups in total. The van der Waals surface area contributed by atoms with E-state index in [1.165, 1.54) is 25.7 Å². The van der Waals surface area contributed by atoms with E-state index in [2.05, 4.69) is 20.1 Å². The minimum Gasteiger partial charge on any atom is -0.368 e. The summed E-state index contributed by atoms with van der Waals surface area (Å²) in [5, 5.41) is 6.82. The van der Waals surface area contributed by atoms with E-state index < -0.39 is 0 Å². The van der Waals surface area contributed by atoms with Gasteiger partial charge in [0.15, 0.2) is 0 Å². The zero-order valence-electron chi connectivity index (χ0n) is 8.11. The number of aromatic nitrogens is 3. The topological polar surface area (TPSA) is 70.8 Å². The molecule has 1 aromatic heterocycles. The molecule has 1 aliphatic carbocycles. The monoisotopic (exact) mass is 193 g/mol. The molecule has 1 aliphatic heterocycles. The van der Waals surface area contributed by atoms with Crippen LogP contribution >= 0.6 is 0 Å². The number of aromatic amines is 1. The summed E-state index contributed by atoms with van der Waals surface area (Å²) in [6.07, 6.45) is 5.31. The Morgan fingerprint density at radius 2 is 2.29 bits per heavy atom. The Hall–Kier alpha value is -1.26. The summed E-state index contributed by atoms with van der Waals surface area (Å²) >= 11 is 0. The number of nitrogens with zero attached hydrogens (tertiary/aromatic N) is 3. The van der Waals surface area contributed by atoms with Crippen LogP contribution in [0.5, 0.6) is 0 Å². The fourth-order valence-electron chi connectivity index (χ4n) is 2.88. The van der Waals surface area contributed by atoms with Gasteiger partial charge in [-0.05, 0) is 25.2 Å². The average molecular weight is 193 g/mol. The molecule has 2 atom stereocenters. The zero-order chi connectivity index (χ0) is 9.54. The summed E-state index contributed by atoms with van der Waals surface area (Å²) < 4.78 is 0. The molecule has 1 saturated carbocycles. The SMILES string of the molecule is Nc1nc(N2CCC3CCCC32)n[nH]1. The lowest BCUT2D eigenvalue weighted by Crippen LogP contribution is -2.30. The lowest BCUT2D eigenvalue weighted by atomic mass is 10.1. The molecular weight excluding hydrogens is 178 g/mol. The van der Waals surface area contributed by atoms with E-state index in [1.54, 1.807) is 0 Å². The van der Waals surface area contributed by atoms with Crippen LogP contribution in [0.3, 0.4) is 0 Å². The highest BCUT2D eigenvalue weighted by Gasteiger charge is 2.38. The molecule has 5 nitrogen and oxygen atoms in total. The average Bonchev–Trinajstić information content (AvgIpc) is 2.77. The molecule has 0 spiro atoms. The van der Waals surface area contributed by atoms with Gasteiger partial charge in [0.25, 0.3) is 0 Å². The van der Waals surface area contributed by atoms with Crippen molar-refractivity contribution in [2.45, 2.75) is 31.7 Å². The van der Waals surface area contributed by atoms with Crippen molar-refractivity contribution >= 4 is 11.9 Å². The zero-order valence-corrected chi connectivity index (χ0v) is 8.11. The smallest absolute Gasteiger partial charge is 0.246 e. The molecule has 3 rings (SSSR count). The van der Waals surface area contributed by atoms with Crippen molar-refractivity contribution in [2.24, 2.45) is 5.92 Å². The van der Waals surface area contributed by atoms with Crippen molar-refractivity contribution in [3.63, 3.8) is 0 Å². The number of fused-ring (bicyclic) bond motifs is 1. The van der Waals surface area contributed by atoms with Crippen LogP contribution < -0.4 is 10.6 Å². The van der Waals surface area contributed by atoms with E-state index >= 15 is 0 Å². The van der Waals surface area contributed by atoms with Crippen LogP contribution in [0.4, 0.5) is 11.9 Å². The number of anilines is 2. The minimum atomic E-state index is 0.418. The predicted molar refractivity (Wildman–Crippen MR) is 53.9 cm³/mol. The number of hydrogen-bond acceptors (Lipinski definition) is 4. The number of nitrogens with two attached hydrogens (primary N) is 1. The van der Waals surface area contributed by atoms with E-state index in [1.807, 2.05) is 0 Å². The van der Waals surface area contributed by atoms with Crippen molar-refractivity contribution in [1.29, 1.82) is 0 Å². The Morgan fingerprint density at radius 3 is 3.07 bits per heavy atom. The van der Waals surface area contributed by atoms with Crippen LogP contribution in [0.15, 0.2) is 0 Å². The van der Waals surface area contributed by atoms with Gasteiger partial charge in [0, 0.05) is 12.6 Å². The Balaban J connectivity index is 1.85. The number of nitrogen functional groups attached to an aromatic ring is 1.